The van der Waals surface area contributed by atoms with Crippen LogP contribution in [0.1, 0.15) is 13.3 Å². The molecular weight excluding hydrogens is 298 g/mol. The van der Waals surface area contributed by atoms with Crippen LogP contribution in [0.15, 0.2) is 34.9 Å². The van der Waals surface area contributed by atoms with E-state index in [1.165, 1.54) is 0 Å². The quantitative estimate of drug-likeness (QED) is 0.942. The molecule has 2 rings (SSSR count). The van der Waals surface area contributed by atoms with Crippen molar-refractivity contribution in [1.82, 2.24) is 4.98 Å². The number of hydrogen-bond acceptors (Lipinski definition) is 3. The smallest absolute Gasteiger partial charge is 0.344 e. The van der Waals surface area contributed by atoms with E-state index in [1.54, 1.807) is 25.3 Å². The van der Waals surface area contributed by atoms with Gasteiger partial charge in [-0.05, 0) is 46.6 Å². The maximum Gasteiger partial charge on any atom is 0.344 e. The number of ether oxygens (including phenoxy) is 1. The van der Waals surface area contributed by atoms with E-state index in [0.717, 1.165) is 15.4 Å². The Hall–Kier alpha value is -1.62. The molecule has 2 aromatic rings. The van der Waals surface area contributed by atoms with Crippen LogP contribution < -0.4 is 4.74 Å². The topological polar surface area (TPSA) is 59.4 Å². The van der Waals surface area contributed by atoms with Crippen molar-refractivity contribution < 1.29 is 14.6 Å². The largest absolute Gasteiger partial charge is 0.479 e. The summed E-state index contributed by atoms with van der Waals surface area (Å²) in [5.41, 5.74) is 0.842. The first-order chi connectivity index (χ1) is 8.60. The minimum absolute atomic E-state index is 0.421. The summed E-state index contributed by atoms with van der Waals surface area (Å²) >= 11 is 3.35. The molecule has 0 aliphatic carbocycles. The summed E-state index contributed by atoms with van der Waals surface area (Å²) in [6, 6.07) is 7.25. The maximum atomic E-state index is 10.9. The van der Waals surface area contributed by atoms with Crippen LogP contribution >= 0.6 is 15.9 Å². The Morgan fingerprint density at radius 3 is 2.94 bits per heavy atom. The fourth-order valence-electron chi connectivity index (χ4n) is 1.63. The lowest BCUT2D eigenvalue weighted by Crippen LogP contribution is -2.25. The van der Waals surface area contributed by atoms with Gasteiger partial charge in [-0.3, -0.25) is 4.98 Å². The van der Waals surface area contributed by atoms with E-state index in [-0.39, 0.29) is 0 Å². The van der Waals surface area contributed by atoms with E-state index in [0.29, 0.717) is 12.2 Å². The zero-order valence-electron chi connectivity index (χ0n) is 9.76. The third kappa shape index (κ3) is 2.79. The summed E-state index contributed by atoms with van der Waals surface area (Å²) in [7, 11) is 0. The number of aromatic nitrogens is 1. The van der Waals surface area contributed by atoms with Crippen molar-refractivity contribution in [3.05, 3.63) is 34.9 Å². The Bertz CT molecular complexity index is 585. The van der Waals surface area contributed by atoms with Gasteiger partial charge in [0.15, 0.2) is 6.10 Å². The van der Waals surface area contributed by atoms with Crippen LogP contribution in [0, 0.1) is 0 Å². The first kappa shape index (κ1) is 12.8. The number of rotatable bonds is 4. The Morgan fingerprint density at radius 2 is 2.28 bits per heavy atom. The SMILES string of the molecule is CCC(Oc1ccc2ncc(Br)cc2c1)C(=O)O. The molecular formula is C13H12BrNO3. The summed E-state index contributed by atoms with van der Waals surface area (Å²) in [5.74, 6) is -0.415. The molecule has 0 amide bonds. The Labute approximate surface area is 113 Å². The number of carboxylic acids is 1. The molecule has 1 heterocycles. The van der Waals surface area contributed by atoms with Crippen LogP contribution in [-0.2, 0) is 4.79 Å². The molecule has 1 N–H and O–H groups in total. The highest BCUT2D eigenvalue weighted by Crippen LogP contribution is 2.23. The van der Waals surface area contributed by atoms with E-state index in [2.05, 4.69) is 20.9 Å². The Morgan fingerprint density at radius 1 is 1.50 bits per heavy atom. The lowest BCUT2D eigenvalue weighted by Gasteiger charge is -2.13. The zero-order valence-corrected chi connectivity index (χ0v) is 11.3. The summed E-state index contributed by atoms with van der Waals surface area (Å²) in [6.07, 6.45) is 1.32. The third-order valence-corrected chi connectivity index (χ3v) is 2.98. The molecule has 1 aromatic heterocycles. The average molecular weight is 310 g/mol. The molecule has 1 unspecified atom stereocenters. The predicted octanol–water partition coefficient (Wildman–Crippen LogP) is 3.24. The Kier molecular flexibility index (Phi) is 3.81. The normalized spacial score (nSPS) is 12.3. The first-order valence-electron chi connectivity index (χ1n) is 5.55. The summed E-state index contributed by atoms with van der Waals surface area (Å²) < 4.78 is 6.30. The van der Waals surface area contributed by atoms with Gasteiger partial charge >= 0.3 is 5.97 Å². The van der Waals surface area contributed by atoms with Crippen molar-refractivity contribution in [2.45, 2.75) is 19.4 Å². The van der Waals surface area contributed by atoms with Crippen molar-refractivity contribution in [3.63, 3.8) is 0 Å². The first-order valence-corrected chi connectivity index (χ1v) is 6.34. The molecule has 0 saturated heterocycles. The molecule has 0 fully saturated rings. The van der Waals surface area contributed by atoms with Gasteiger partial charge in [0.05, 0.1) is 5.52 Å². The molecule has 0 bridgehead atoms. The monoisotopic (exact) mass is 309 g/mol. The molecule has 1 atom stereocenters. The van der Waals surface area contributed by atoms with Crippen molar-refractivity contribution >= 4 is 32.8 Å². The van der Waals surface area contributed by atoms with Gasteiger partial charge < -0.3 is 9.84 Å². The molecule has 0 spiro atoms. The van der Waals surface area contributed by atoms with Crippen LogP contribution in [0.4, 0.5) is 0 Å². The van der Waals surface area contributed by atoms with Gasteiger partial charge in [0, 0.05) is 16.1 Å². The highest BCUT2D eigenvalue weighted by molar-refractivity contribution is 9.10. The standard InChI is InChI=1S/C13H12BrNO3/c1-2-12(13(16)17)18-10-3-4-11-8(6-10)5-9(14)7-15-11/h3-7,12H,2H2,1H3,(H,16,17). The zero-order chi connectivity index (χ0) is 13.1. The van der Waals surface area contributed by atoms with Crippen LogP contribution in [0.2, 0.25) is 0 Å². The van der Waals surface area contributed by atoms with Gasteiger partial charge in [-0.1, -0.05) is 6.92 Å². The summed E-state index contributed by atoms with van der Waals surface area (Å²) in [5, 5.41) is 9.85. The van der Waals surface area contributed by atoms with Gasteiger partial charge in [-0.15, -0.1) is 0 Å². The summed E-state index contributed by atoms with van der Waals surface area (Å²) in [6.45, 7) is 1.78. The van der Waals surface area contributed by atoms with Crippen molar-refractivity contribution in [3.8, 4) is 5.75 Å². The van der Waals surface area contributed by atoms with E-state index in [9.17, 15) is 4.79 Å². The summed E-state index contributed by atoms with van der Waals surface area (Å²) in [4.78, 5) is 15.1. The lowest BCUT2D eigenvalue weighted by atomic mass is 10.2. The number of aliphatic carboxylic acids is 1. The van der Waals surface area contributed by atoms with Gasteiger partial charge in [0.2, 0.25) is 0 Å². The van der Waals surface area contributed by atoms with E-state index < -0.39 is 12.1 Å². The second kappa shape index (κ2) is 5.35. The van der Waals surface area contributed by atoms with Crippen molar-refractivity contribution in [1.29, 1.82) is 0 Å². The number of carboxylic acid groups (broad SMARTS) is 1. The number of fused-ring (bicyclic) bond motifs is 1. The minimum atomic E-state index is -0.954. The van der Waals surface area contributed by atoms with Crippen LogP contribution in [-0.4, -0.2) is 22.2 Å². The predicted molar refractivity (Wildman–Crippen MR) is 71.8 cm³/mol. The van der Waals surface area contributed by atoms with Gasteiger partial charge in [0.25, 0.3) is 0 Å². The van der Waals surface area contributed by atoms with Crippen molar-refractivity contribution in [2.24, 2.45) is 0 Å². The highest BCUT2D eigenvalue weighted by Gasteiger charge is 2.16. The van der Waals surface area contributed by atoms with Gasteiger partial charge in [-0.2, -0.15) is 0 Å². The lowest BCUT2D eigenvalue weighted by molar-refractivity contribution is -0.145. The van der Waals surface area contributed by atoms with E-state index >= 15 is 0 Å². The molecule has 4 nitrogen and oxygen atoms in total. The molecule has 0 aliphatic rings. The molecule has 0 aliphatic heterocycles. The molecule has 94 valence electrons. The number of halogens is 1. The molecule has 0 radical (unpaired) electrons. The van der Waals surface area contributed by atoms with Crippen LogP contribution in [0.25, 0.3) is 10.9 Å². The van der Waals surface area contributed by atoms with E-state index in [1.807, 2.05) is 12.1 Å². The fraction of sp³-hybridized carbons (Fsp3) is 0.231. The number of benzene rings is 1. The molecule has 1 aromatic carbocycles. The number of pyridine rings is 1. The maximum absolute atomic E-state index is 10.9. The van der Waals surface area contributed by atoms with Crippen LogP contribution in [0.5, 0.6) is 5.75 Å². The number of nitrogens with zero attached hydrogens (tertiary/aromatic N) is 1. The van der Waals surface area contributed by atoms with Crippen molar-refractivity contribution in [2.75, 3.05) is 0 Å². The second-order valence-electron chi connectivity index (χ2n) is 3.86. The highest BCUT2D eigenvalue weighted by atomic mass is 79.9. The average Bonchev–Trinajstić information content (AvgIpc) is 2.35. The minimum Gasteiger partial charge on any atom is -0.479 e. The molecule has 5 heteroatoms. The Balaban J connectivity index is 2.31. The number of hydrogen-bond donors (Lipinski definition) is 1. The third-order valence-electron chi connectivity index (χ3n) is 2.54. The van der Waals surface area contributed by atoms with Crippen LogP contribution in [0.3, 0.4) is 0 Å². The second-order valence-corrected chi connectivity index (χ2v) is 4.78. The number of carbonyl (C=O) groups is 1. The van der Waals surface area contributed by atoms with Gasteiger partial charge in [-0.25, -0.2) is 4.79 Å². The molecule has 18 heavy (non-hydrogen) atoms. The fourth-order valence-corrected chi connectivity index (χ4v) is 1.98. The van der Waals surface area contributed by atoms with Gasteiger partial charge in [0.1, 0.15) is 5.75 Å². The van der Waals surface area contributed by atoms with E-state index in [4.69, 9.17) is 9.84 Å². The molecule has 0 saturated carbocycles.